The number of nitrogens with one attached hydrogen (secondary N) is 4. The van der Waals surface area contributed by atoms with Gasteiger partial charge in [-0.1, -0.05) is 36.4 Å². The molecule has 2 aromatic carbocycles. The SMILES string of the molecule is CCOC(=O)CCCNC(=O)c1sccc1NS(=O)(=O)c1ccccc1.CCOC(=O)CCNC(=O)c1sccc1NS(=O)(=O)c1ccccc1. The molecule has 0 bridgehead atoms. The summed E-state index contributed by atoms with van der Waals surface area (Å²) in [5.74, 6) is -1.56. The molecule has 0 fully saturated rings. The molecule has 2 amide bonds. The van der Waals surface area contributed by atoms with Gasteiger partial charge in [-0.3, -0.25) is 28.6 Å². The molecule has 2 heterocycles. The predicted molar refractivity (Wildman–Crippen MR) is 195 cm³/mol. The van der Waals surface area contributed by atoms with Gasteiger partial charge in [0.1, 0.15) is 9.75 Å². The third-order valence-corrected chi connectivity index (χ3v) is 11.0. The normalized spacial score (nSPS) is 10.9. The summed E-state index contributed by atoms with van der Waals surface area (Å²) >= 11 is 2.24. The van der Waals surface area contributed by atoms with Crippen molar-refractivity contribution in [2.45, 2.75) is 42.9 Å². The first kappa shape index (κ1) is 40.6. The summed E-state index contributed by atoms with van der Waals surface area (Å²) in [4.78, 5) is 47.7. The predicted octanol–water partition coefficient (Wildman–Crippen LogP) is 4.85. The van der Waals surface area contributed by atoms with E-state index in [1.807, 2.05) is 0 Å². The number of ether oxygens (including phenoxy) is 2. The molecular formula is C33H38N4O10S4. The van der Waals surface area contributed by atoms with Crippen LogP contribution in [0.15, 0.2) is 93.3 Å². The van der Waals surface area contributed by atoms with Crippen LogP contribution in [0, 0.1) is 0 Å². The van der Waals surface area contributed by atoms with Crippen molar-refractivity contribution in [3.05, 3.63) is 93.3 Å². The van der Waals surface area contributed by atoms with E-state index in [4.69, 9.17) is 9.47 Å². The van der Waals surface area contributed by atoms with E-state index in [1.54, 1.807) is 67.1 Å². The van der Waals surface area contributed by atoms with E-state index in [0.29, 0.717) is 19.6 Å². The van der Waals surface area contributed by atoms with Crippen molar-refractivity contribution < 1.29 is 45.5 Å². The van der Waals surface area contributed by atoms with Gasteiger partial charge in [-0.15, -0.1) is 22.7 Å². The van der Waals surface area contributed by atoms with E-state index >= 15 is 0 Å². The summed E-state index contributed by atoms with van der Waals surface area (Å²) in [6.45, 7) is 4.44. The fourth-order valence-electron chi connectivity index (χ4n) is 4.08. The summed E-state index contributed by atoms with van der Waals surface area (Å²) in [6, 6.07) is 18.9. The highest BCUT2D eigenvalue weighted by molar-refractivity contribution is 7.93. The van der Waals surface area contributed by atoms with Gasteiger partial charge in [0.25, 0.3) is 31.9 Å². The Morgan fingerprint density at radius 1 is 0.588 bits per heavy atom. The minimum atomic E-state index is -3.78. The molecule has 4 rings (SSSR count). The highest BCUT2D eigenvalue weighted by atomic mass is 32.2. The zero-order valence-corrected chi connectivity index (χ0v) is 31.0. The summed E-state index contributed by atoms with van der Waals surface area (Å²) < 4.78 is 63.9. The van der Waals surface area contributed by atoms with E-state index in [-0.39, 0.29) is 62.9 Å². The minimum Gasteiger partial charge on any atom is -0.466 e. The monoisotopic (exact) mass is 778 g/mol. The number of esters is 2. The molecule has 18 heteroatoms. The van der Waals surface area contributed by atoms with E-state index in [9.17, 15) is 36.0 Å². The van der Waals surface area contributed by atoms with E-state index < -0.39 is 37.8 Å². The summed E-state index contributed by atoms with van der Waals surface area (Å²) in [5, 5.41) is 8.50. The van der Waals surface area contributed by atoms with Gasteiger partial charge in [0.15, 0.2) is 0 Å². The van der Waals surface area contributed by atoms with E-state index in [0.717, 1.165) is 22.7 Å². The molecule has 4 aromatic rings. The van der Waals surface area contributed by atoms with Crippen molar-refractivity contribution >= 4 is 77.8 Å². The number of anilines is 2. The fraction of sp³-hybridized carbons (Fsp3) is 0.273. The van der Waals surface area contributed by atoms with Crippen LogP contribution in [0.3, 0.4) is 0 Å². The fourth-order valence-corrected chi connectivity index (χ4v) is 7.92. The number of thiophene rings is 2. The maximum atomic E-state index is 12.4. The molecule has 0 aliphatic carbocycles. The Hall–Kier alpha value is -4.78. The highest BCUT2D eigenvalue weighted by Crippen LogP contribution is 2.26. The van der Waals surface area contributed by atoms with Crippen LogP contribution in [0.4, 0.5) is 11.4 Å². The first-order chi connectivity index (χ1) is 24.4. The molecule has 0 saturated heterocycles. The van der Waals surface area contributed by atoms with Gasteiger partial charge in [-0.25, -0.2) is 16.8 Å². The van der Waals surface area contributed by atoms with Gasteiger partial charge in [-0.05, 0) is 67.4 Å². The average Bonchev–Trinajstić information content (AvgIpc) is 3.77. The quantitative estimate of drug-likeness (QED) is 0.0848. The van der Waals surface area contributed by atoms with Crippen molar-refractivity contribution in [2.75, 3.05) is 35.7 Å². The maximum absolute atomic E-state index is 12.4. The Morgan fingerprint density at radius 3 is 1.43 bits per heavy atom. The van der Waals surface area contributed by atoms with Crippen molar-refractivity contribution in [1.29, 1.82) is 0 Å². The first-order valence-electron chi connectivity index (χ1n) is 15.6. The van der Waals surface area contributed by atoms with Gasteiger partial charge >= 0.3 is 11.9 Å². The maximum Gasteiger partial charge on any atom is 0.307 e. The number of hydrogen-bond acceptors (Lipinski definition) is 12. The Balaban J connectivity index is 0.000000276. The first-order valence-corrected chi connectivity index (χ1v) is 20.3. The molecule has 0 radical (unpaired) electrons. The second kappa shape index (κ2) is 20.2. The number of carbonyl (C=O) groups excluding carboxylic acids is 4. The van der Waals surface area contributed by atoms with Crippen LogP contribution in [0.25, 0.3) is 0 Å². The van der Waals surface area contributed by atoms with Crippen LogP contribution in [-0.2, 0) is 39.1 Å². The third-order valence-electron chi connectivity index (χ3n) is 6.41. The summed E-state index contributed by atoms with van der Waals surface area (Å²) in [5.41, 5.74) is 0.421. The van der Waals surface area contributed by atoms with Gasteiger partial charge in [0.2, 0.25) is 0 Å². The number of amides is 2. The van der Waals surface area contributed by atoms with Gasteiger partial charge in [-0.2, -0.15) is 0 Å². The van der Waals surface area contributed by atoms with Crippen LogP contribution in [0.5, 0.6) is 0 Å². The van der Waals surface area contributed by atoms with E-state index in [1.165, 1.54) is 30.3 Å². The minimum absolute atomic E-state index is 0.0516. The van der Waals surface area contributed by atoms with Gasteiger partial charge in [0.05, 0.1) is 40.8 Å². The molecule has 0 atom stereocenters. The van der Waals surface area contributed by atoms with Crippen LogP contribution in [0.1, 0.15) is 52.5 Å². The second-order valence-electron chi connectivity index (χ2n) is 10.1. The topological polar surface area (TPSA) is 203 Å². The Kier molecular flexibility index (Phi) is 16.1. The lowest BCUT2D eigenvalue weighted by Crippen LogP contribution is -2.27. The standard InChI is InChI=1S/C17H20N2O5S2.C16H18N2O5S2/c1-2-24-15(20)9-6-11-18-17(21)16-14(10-12-25-16)19-26(22,23)13-7-4-3-5-8-13;1-2-23-14(19)8-10-17-16(20)15-13(9-11-24-15)18-25(21,22)12-6-4-3-5-7-12/h3-5,7-8,10,12,19H,2,6,9,11H2,1H3,(H,18,21);3-7,9,11,18H,2,8,10H2,1H3,(H,17,20). The molecule has 0 saturated carbocycles. The van der Waals surface area contributed by atoms with Crippen molar-refractivity contribution in [1.82, 2.24) is 10.6 Å². The third kappa shape index (κ3) is 13.1. The Labute approximate surface area is 304 Å². The molecule has 274 valence electrons. The lowest BCUT2D eigenvalue weighted by Gasteiger charge is -2.09. The van der Waals surface area contributed by atoms with Crippen LogP contribution in [-0.4, -0.2) is 66.9 Å². The number of rotatable bonds is 17. The van der Waals surface area contributed by atoms with Crippen molar-refractivity contribution in [3.63, 3.8) is 0 Å². The van der Waals surface area contributed by atoms with Gasteiger partial charge < -0.3 is 20.1 Å². The Morgan fingerprint density at radius 2 is 1.00 bits per heavy atom. The lowest BCUT2D eigenvalue weighted by atomic mass is 10.3. The van der Waals surface area contributed by atoms with Crippen LogP contribution in [0.2, 0.25) is 0 Å². The Bertz CT molecular complexity index is 1960. The molecule has 0 aliphatic heterocycles. The molecular weight excluding hydrogens is 741 g/mol. The average molecular weight is 779 g/mol. The number of hydrogen-bond donors (Lipinski definition) is 4. The number of sulfonamides is 2. The number of benzene rings is 2. The molecule has 14 nitrogen and oxygen atoms in total. The van der Waals surface area contributed by atoms with Crippen molar-refractivity contribution in [3.8, 4) is 0 Å². The van der Waals surface area contributed by atoms with Crippen LogP contribution < -0.4 is 20.1 Å². The molecule has 0 unspecified atom stereocenters. The zero-order chi connectivity index (χ0) is 37.3. The zero-order valence-electron chi connectivity index (χ0n) is 27.7. The second-order valence-corrected chi connectivity index (χ2v) is 15.3. The molecule has 0 aliphatic rings. The smallest absolute Gasteiger partial charge is 0.307 e. The molecule has 2 aromatic heterocycles. The molecule has 51 heavy (non-hydrogen) atoms. The summed E-state index contributed by atoms with van der Waals surface area (Å²) in [6.07, 6.45) is 0.711. The molecule has 0 spiro atoms. The van der Waals surface area contributed by atoms with E-state index in [2.05, 4.69) is 20.1 Å². The largest absolute Gasteiger partial charge is 0.466 e. The van der Waals surface area contributed by atoms with Crippen LogP contribution >= 0.6 is 22.7 Å². The number of carbonyl (C=O) groups is 4. The lowest BCUT2D eigenvalue weighted by molar-refractivity contribution is -0.144. The summed E-state index contributed by atoms with van der Waals surface area (Å²) in [7, 11) is -7.54. The van der Waals surface area contributed by atoms with Gasteiger partial charge in [0, 0.05) is 19.5 Å². The molecule has 4 N–H and O–H groups in total. The highest BCUT2D eigenvalue weighted by Gasteiger charge is 2.21. The van der Waals surface area contributed by atoms with Crippen molar-refractivity contribution in [2.24, 2.45) is 0 Å².